The maximum Gasteiger partial charge on any atom is 0.348 e. The molecule has 31 heavy (non-hydrogen) atoms. The third-order valence-electron chi connectivity index (χ3n) is 6.34. The number of H-pyrrole nitrogens is 1. The minimum Gasteiger partial charge on any atom is -0.462 e. The van der Waals surface area contributed by atoms with E-state index < -0.39 is 12.1 Å². The number of nitrogens with zero attached hydrogens (tertiary/aromatic N) is 1. The Morgan fingerprint density at radius 3 is 2.55 bits per heavy atom. The van der Waals surface area contributed by atoms with Crippen molar-refractivity contribution < 1.29 is 23.9 Å². The highest BCUT2D eigenvalue weighted by molar-refractivity contribution is 7.20. The molecule has 2 aromatic heterocycles. The fourth-order valence-corrected chi connectivity index (χ4v) is 5.83. The van der Waals surface area contributed by atoms with Crippen LogP contribution in [0.2, 0.25) is 0 Å². The second-order valence-electron chi connectivity index (χ2n) is 8.38. The van der Waals surface area contributed by atoms with Crippen LogP contribution in [0.3, 0.4) is 0 Å². The van der Waals surface area contributed by atoms with Crippen LogP contribution >= 0.6 is 11.3 Å². The number of aryl methyl sites for hydroxylation is 1. The molecule has 4 rings (SSSR count). The molecule has 2 bridgehead atoms. The van der Waals surface area contributed by atoms with Gasteiger partial charge in [0.25, 0.3) is 5.56 Å². The van der Waals surface area contributed by atoms with Crippen molar-refractivity contribution in [3.63, 3.8) is 0 Å². The molecular weight excluding hydrogens is 420 g/mol. The SMILES string of the molecule is CCOC(=O)c1sc2nc([C@@H](C)OC(=O)C3C[C@H]4CCC[C@@H](C3)C4=O)[nH]c(=O)c2c1C. The molecule has 0 amide bonds. The summed E-state index contributed by atoms with van der Waals surface area (Å²) in [4.78, 5) is 57.7. The van der Waals surface area contributed by atoms with Crippen molar-refractivity contribution in [1.29, 1.82) is 0 Å². The lowest BCUT2D eigenvalue weighted by atomic mass is 9.67. The lowest BCUT2D eigenvalue weighted by Crippen LogP contribution is -2.39. The molecule has 0 saturated heterocycles. The average molecular weight is 447 g/mol. The van der Waals surface area contributed by atoms with Crippen molar-refractivity contribution in [2.24, 2.45) is 17.8 Å². The van der Waals surface area contributed by atoms with E-state index in [1.165, 1.54) is 0 Å². The number of carbonyl (C=O) groups excluding carboxylic acids is 3. The fourth-order valence-electron chi connectivity index (χ4n) is 4.74. The first-order chi connectivity index (χ1) is 14.8. The summed E-state index contributed by atoms with van der Waals surface area (Å²) in [6.45, 7) is 5.30. The van der Waals surface area contributed by atoms with Crippen LogP contribution in [0.1, 0.15) is 73.1 Å². The summed E-state index contributed by atoms with van der Waals surface area (Å²) in [6.07, 6.45) is 3.06. The molecule has 166 valence electrons. The van der Waals surface area contributed by atoms with Gasteiger partial charge >= 0.3 is 11.9 Å². The molecule has 8 nitrogen and oxygen atoms in total. The van der Waals surface area contributed by atoms with E-state index in [1.54, 1.807) is 20.8 Å². The number of aromatic amines is 1. The van der Waals surface area contributed by atoms with Crippen LogP contribution in [0.25, 0.3) is 10.2 Å². The van der Waals surface area contributed by atoms with Gasteiger partial charge in [-0.1, -0.05) is 6.42 Å². The Bertz CT molecular complexity index is 1090. The lowest BCUT2D eigenvalue weighted by molar-refractivity contribution is -0.158. The lowest BCUT2D eigenvalue weighted by Gasteiger charge is -2.36. The predicted molar refractivity (Wildman–Crippen MR) is 114 cm³/mol. The number of ketones is 1. The van der Waals surface area contributed by atoms with Gasteiger partial charge in [-0.15, -0.1) is 11.3 Å². The topological polar surface area (TPSA) is 115 Å². The van der Waals surface area contributed by atoms with Crippen molar-refractivity contribution in [2.75, 3.05) is 6.61 Å². The van der Waals surface area contributed by atoms with E-state index in [4.69, 9.17) is 9.47 Å². The van der Waals surface area contributed by atoms with Crippen LogP contribution in [0.5, 0.6) is 0 Å². The number of hydrogen-bond acceptors (Lipinski definition) is 8. The molecule has 2 heterocycles. The zero-order valence-corrected chi connectivity index (χ0v) is 18.7. The zero-order valence-electron chi connectivity index (χ0n) is 17.9. The first-order valence-electron chi connectivity index (χ1n) is 10.7. The molecular formula is C22H26N2O6S. The number of thiophene rings is 1. The van der Waals surface area contributed by atoms with Gasteiger partial charge in [-0.3, -0.25) is 14.4 Å². The van der Waals surface area contributed by atoms with Gasteiger partial charge in [0.1, 0.15) is 15.5 Å². The van der Waals surface area contributed by atoms with Gasteiger partial charge in [0, 0.05) is 11.8 Å². The molecule has 0 aliphatic heterocycles. The van der Waals surface area contributed by atoms with E-state index in [9.17, 15) is 19.2 Å². The zero-order chi connectivity index (χ0) is 22.3. The monoisotopic (exact) mass is 446 g/mol. The van der Waals surface area contributed by atoms with E-state index in [2.05, 4.69) is 9.97 Å². The van der Waals surface area contributed by atoms with Crippen LogP contribution in [-0.4, -0.2) is 34.3 Å². The number of Topliss-reactive ketones (excluding diaryl/α,β-unsaturated/α-hetero) is 1. The summed E-state index contributed by atoms with van der Waals surface area (Å²) >= 11 is 1.09. The second-order valence-corrected chi connectivity index (χ2v) is 9.38. The third kappa shape index (κ3) is 4.03. The Morgan fingerprint density at radius 2 is 1.90 bits per heavy atom. The first kappa shape index (κ1) is 21.7. The smallest absolute Gasteiger partial charge is 0.348 e. The van der Waals surface area contributed by atoms with E-state index in [-0.39, 0.29) is 41.7 Å². The van der Waals surface area contributed by atoms with Gasteiger partial charge < -0.3 is 14.5 Å². The molecule has 2 aliphatic rings. The first-order valence-corrected chi connectivity index (χ1v) is 11.6. The Hall–Kier alpha value is -2.55. The van der Waals surface area contributed by atoms with E-state index in [0.717, 1.165) is 30.6 Å². The summed E-state index contributed by atoms with van der Waals surface area (Å²) in [5.41, 5.74) is 0.145. The van der Waals surface area contributed by atoms with Crippen LogP contribution in [0.15, 0.2) is 4.79 Å². The molecule has 1 unspecified atom stereocenters. The van der Waals surface area contributed by atoms with Gasteiger partial charge in [-0.25, -0.2) is 9.78 Å². The molecule has 2 aromatic rings. The Kier molecular flexibility index (Phi) is 5.96. The van der Waals surface area contributed by atoms with Crippen molar-refractivity contribution in [1.82, 2.24) is 9.97 Å². The highest BCUT2D eigenvalue weighted by atomic mass is 32.1. The minimum absolute atomic E-state index is 0.0370. The van der Waals surface area contributed by atoms with Gasteiger partial charge in [0.05, 0.1) is 17.9 Å². The molecule has 9 heteroatoms. The van der Waals surface area contributed by atoms with E-state index in [0.29, 0.717) is 39.3 Å². The number of fused-ring (bicyclic) bond motifs is 3. The number of hydrogen-bond donors (Lipinski definition) is 1. The third-order valence-corrected chi connectivity index (χ3v) is 7.50. The average Bonchev–Trinajstić information content (AvgIpc) is 3.05. The molecule has 2 saturated carbocycles. The normalized spacial score (nSPS) is 24.1. The van der Waals surface area contributed by atoms with Gasteiger partial charge in [-0.05, 0) is 52.0 Å². The molecule has 0 radical (unpaired) electrons. The van der Waals surface area contributed by atoms with Crippen molar-refractivity contribution in [3.05, 3.63) is 26.6 Å². The van der Waals surface area contributed by atoms with Crippen LogP contribution in [-0.2, 0) is 19.1 Å². The molecule has 0 spiro atoms. The molecule has 2 fully saturated rings. The van der Waals surface area contributed by atoms with Gasteiger partial charge in [0.2, 0.25) is 0 Å². The maximum atomic E-state index is 12.8. The maximum absolute atomic E-state index is 12.8. The summed E-state index contributed by atoms with van der Waals surface area (Å²) in [6, 6.07) is 0. The van der Waals surface area contributed by atoms with Crippen LogP contribution in [0.4, 0.5) is 0 Å². The number of carbonyl (C=O) groups is 3. The minimum atomic E-state index is -0.754. The van der Waals surface area contributed by atoms with E-state index >= 15 is 0 Å². The summed E-state index contributed by atoms with van der Waals surface area (Å²) < 4.78 is 10.7. The van der Waals surface area contributed by atoms with Gasteiger partial charge in [0.15, 0.2) is 11.9 Å². The Balaban J connectivity index is 1.53. The van der Waals surface area contributed by atoms with E-state index in [1.807, 2.05) is 0 Å². The molecule has 2 aliphatic carbocycles. The van der Waals surface area contributed by atoms with Gasteiger partial charge in [-0.2, -0.15) is 0 Å². The summed E-state index contributed by atoms with van der Waals surface area (Å²) in [5.74, 6) is -0.685. The number of rotatable bonds is 5. The highest BCUT2D eigenvalue weighted by Gasteiger charge is 2.42. The highest BCUT2D eigenvalue weighted by Crippen LogP contribution is 2.41. The van der Waals surface area contributed by atoms with Crippen molar-refractivity contribution in [2.45, 2.75) is 59.0 Å². The van der Waals surface area contributed by atoms with Crippen molar-refractivity contribution >= 4 is 39.3 Å². The number of ether oxygens (including phenoxy) is 2. The molecule has 4 atom stereocenters. The molecule has 0 aromatic carbocycles. The number of nitrogens with one attached hydrogen (secondary N) is 1. The Morgan fingerprint density at radius 1 is 1.23 bits per heavy atom. The quantitative estimate of drug-likeness (QED) is 0.699. The van der Waals surface area contributed by atoms with Crippen LogP contribution in [0, 0.1) is 24.7 Å². The predicted octanol–water partition coefficient (Wildman–Crippen LogP) is 3.47. The number of esters is 2. The number of aromatic nitrogens is 2. The largest absolute Gasteiger partial charge is 0.462 e. The standard InChI is InChI=1S/C22H26N2O6S/c1-4-29-22(28)17-10(2)15-19(26)23-18(24-20(15)31-17)11(3)30-21(27)14-8-12-6-5-7-13(9-14)16(12)25/h11-14H,4-9H2,1-3H3,(H,23,24,26)/t11-,12-,13+,14?/m1/s1. The molecule has 1 N–H and O–H groups in total. The second kappa shape index (κ2) is 8.53. The summed E-state index contributed by atoms with van der Waals surface area (Å²) in [5, 5.41) is 0.342. The Labute approximate surface area is 183 Å². The fraction of sp³-hybridized carbons (Fsp3) is 0.591. The van der Waals surface area contributed by atoms with Crippen LogP contribution < -0.4 is 5.56 Å². The summed E-state index contributed by atoms with van der Waals surface area (Å²) in [7, 11) is 0. The van der Waals surface area contributed by atoms with Crippen molar-refractivity contribution in [3.8, 4) is 0 Å².